The highest BCUT2D eigenvalue weighted by atomic mass is 19.3. The average Bonchev–Trinajstić information content (AvgIpc) is 3.31. The SMILES string of the molecule is C[C@@H](CC(=O)c1onc2c1CN(C(=O)c1cc3cc(F)c(F)cc3[nH]1)CC2)C(F)F. The van der Waals surface area contributed by atoms with Crippen LogP contribution in [0.5, 0.6) is 0 Å². The fourth-order valence-electron chi connectivity index (χ4n) is 3.49. The van der Waals surface area contributed by atoms with E-state index in [9.17, 15) is 27.2 Å². The van der Waals surface area contributed by atoms with Crippen LogP contribution >= 0.6 is 0 Å². The molecule has 0 radical (unpaired) electrons. The lowest BCUT2D eigenvalue weighted by molar-refractivity contribution is 0.0669. The van der Waals surface area contributed by atoms with Crippen molar-refractivity contribution >= 4 is 22.6 Å². The van der Waals surface area contributed by atoms with Crippen LogP contribution in [-0.2, 0) is 13.0 Å². The Bertz CT molecular complexity index is 1100. The van der Waals surface area contributed by atoms with Crippen LogP contribution < -0.4 is 0 Å². The van der Waals surface area contributed by atoms with E-state index in [-0.39, 0.29) is 30.1 Å². The van der Waals surface area contributed by atoms with Gasteiger partial charge in [0.2, 0.25) is 18.0 Å². The second kappa shape index (κ2) is 7.58. The van der Waals surface area contributed by atoms with Crippen LogP contribution in [0.3, 0.4) is 0 Å². The van der Waals surface area contributed by atoms with Crippen molar-refractivity contribution in [3.8, 4) is 0 Å². The number of ketones is 1. The maximum Gasteiger partial charge on any atom is 0.270 e. The molecule has 1 aliphatic heterocycles. The largest absolute Gasteiger partial charge is 0.352 e. The summed E-state index contributed by atoms with van der Waals surface area (Å²) in [4.78, 5) is 29.5. The van der Waals surface area contributed by atoms with E-state index in [1.165, 1.54) is 17.9 Å². The minimum Gasteiger partial charge on any atom is -0.352 e. The monoisotopic (exact) mass is 423 g/mol. The zero-order chi connectivity index (χ0) is 21.6. The van der Waals surface area contributed by atoms with Gasteiger partial charge in [0.15, 0.2) is 11.6 Å². The number of fused-ring (bicyclic) bond motifs is 2. The highest BCUT2D eigenvalue weighted by Gasteiger charge is 2.32. The molecule has 158 valence electrons. The molecular weight excluding hydrogens is 406 g/mol. The third-order valence-electron chi connectivity index (χ3n) is 5.21. The van der Waals surface area contributed by atoms with Crippen LogP contribution in [0.4, 0.5) is 17.6 Å². The Morgan fingerprint density at radius 2 is 1.97 bits per heavy atom. The third kappa shape index (κ3) is 3.57. The Morgan fingerprint density at radius 1 is 1.23 bits per heavy atom. The van der Waals surface area contributed by atoms with E-state index in [4.69, 9.17) is 4.52 Å². The highest BCUT2D eigenvalue weighted by molar-refractivity contribution is 5.99. The van der Waals surface area contributed by atoms with Crippen molar-refractivity contribution in [2.75, 3.05) is 6.54 Å². The molecule has 3 aromatic rings. The van der Waals surface area contributed by atoms with Gasteiger partial charge in [-0.25, -0.2) is 17.6 Å². The van der Waals surface area contributed by atoms with Gasteiger partial charge in [-0.2, -0.15) is 0 Å². The topological polar surface area (TPSA) is 79.2 Å². The predicted molar refractivity (Wildman–Crippen MR) is 97.3 cm³/mol. The number of nitrogens with one attached hydrogen (secondary N) is 1. The van der Waals surface area contributed by atoms with Crippen molar-refractivity contribution < 1.29 is 31.7 Å². The average molecular weight is 423 g/mol. The van der Waals surface area contributed by atoms with Crippen molar-refractivity contribution in [2.24, 2.45) is 5.92 Å². The Balaban J connectivity index is 1.56. The first kappa shape index (κ1) is 20.1. The molecule has 10 heteroatoms. The van der Waals surface area contributed by atoms with Gasteiger partial charge >= 0.3 is 0 Å². The number of carbonyl (C=O) groups is 2. The van der Waals surface area contributed by atoms with Gasteiger partial charge in [-0.3, -0.25) is 9.59 Å². The van der Waals surface area contributed by atoms with Gasteiger partial charge < -0.3 is 14.4 Å². The number of alkyl halides is 2. The van der Waals surface area contributed by atoms with Crippen LogP contribution in [0.2, 0.25) is 0 Å². The van der Waals surface area contributed by atoms with Crippen molar-refractivity contribution in [1.82, 2.24) is 15.0 Å². The minimum atomic E-state index is -2.64. The summed E-state index contributed by atoms with van der Waals surface area (Å²) >= 11 is 0. The van der Waals surface area contributed by atoms with E-state index in [2.05, 4.69) is 10.1 Å². The minimum absolute atomic E-state index is 0.0138. The van der Waals surface area contributed by atoms with Crippen molar-refractivity contribution in [3.63, 3.8) is 0 Å². The van der Waals surface area contributed by atoms with Crippen LogP contribution in [-0.4, -0.2) is 39.7 Å². The molecule has 1 atom stereocenters. The highest BCUT2D eigenvalue weighted by Crippen LogP contribution is 2.27. The number of H-pyrrole nitrogens is 1. The number of aromatic amines is 1. The molecule has 0 spiro atoms. The van der Waals surface area contributed by atoms with Crippen LogP contribution in [0.15, 0.2) is 22.7 Å². The van der Waals surface area contributed by atoms with Crippen molar-refractivity contribution in [3.05, 3.63) is 52.5 Å². The molecule has 0 aliphatic carbocycles. The van der Waals surface area contributed by atoms with Gasteiger partial charge in [0.25, 0.3) is 5.91 Å². The second-order valence-corrected chi connectivity index (χ2v) is 7.39. The number of amides is 1. The van der Waals surface area contributed by atoms with Gasteiger partial charge in [-0.05, 0) is 12.1 Å². The Labute approximate surface area is 167 Å². The Kier molecular flexibility index (Phi) is 5.08. The summed E-state index contributed by atoms with van der Waals surface area (Å²) < 4.78 is 57.5. The molecule has 4 rings (SSSR count). The van der Waals surface area contributed by atoms with Crippen molar-refractivity contribution in [2.45, 2.75) is 32.7 Å². The summed E-state index contributed by atoms with van der Waals surface area (Å²) in [5, 5.41) is 4.18. The second-order valence-electron chi connectivity index (χ2n) is 7.39. The molecule has 1 amide bonds. The lowest BCUT2D eigenvalue weighted by Crippen LogP contribution is -2.36. The fourth-order valence-corrected chi connectivity index (χ4v) is 3.49. The molecule has 1 aromatic carbocycles. The summed E-state index contributed by atoms with van der Waals surface area (Å²) in [6.45, 7) is 1.57. The van der Waals surface area contributed by atoms with Crippen LogP contribution in [0.1, 0.15) is 45.6 Å². The summed E-state index contributed by atoms with van der Waals surface area (Å²) in [6.07, 6.45) is -2.71. The first-order valence-corrected chi connectivity index (χ1v) is 9.30. The molecule has 1 N–H and O–H groups in total. The standard InChI is InChI=1S/C20H17F4N3O3/c1-9(19(23)24)4-17(28)18-11-8-27(3-2-14(11)26-30-18)20(29)16-6-10-5-12(21)13(22)7-15(10)25-16/h5-7,9,19,25H,2-4,8H2,1H3/t9-/m0/s1. The van der Waals surface area contributed by atoms with E-state index >= 15 is 0 Å². The lowest BCUT2D eigenvalue weighted by Gasteiger charge is -2.25. The van der Waals surface area contributed by atoms with Gasteiger partial charge in [0.1, 0.15) is 5.69 Å². The summed E-state index contributed by atoms with van der Waals surface area (Å²) in [6, 6.07) is 3.38. The smallest absolute Gasteiger partial charge is 0.270 e. The first-order valence-electron chi connectivity index (χ1n) is 9.30. The van der Waals surface area contributed by atoms with Crippen LogP contribution in [0.25, 0.3) is 10.9 Å². The molecule has 2 aromatic heterocycles. The van der Waals surface area contributed by atoms with Gasteiger partial charge in [-0.1, -0.05) is 12.1 Å². The number of halogens is 4. The van der Waals surface area contributed by atoms with E-state index < -0.39 is 42.1 Å². The van der Waals surface area contributed by atoms with E-state index in [1.54, 1.807) is 0 Å². The number of hydrogen-bond acceptors (Lipinski definition) is 4. The quantitative estimate of drug-likeness (QED) is 0.495. The van der Waals surface area contributed by atoms with Gasteiger partial charge in [0, 0.05) is 47.8 Å². The molecule has 1 aliphatic rings. The normalized spacial score (nSPS) is 14.9. The first-order chi connectivity index (χ1) is 14.2. The summed E-state index contributed by atoms with van der Waals surface area (Å²) in [5.41, 5.74) is 1.31. The Hall–Kier alpha value is -3.17. The molecule has 3 heterocycles. The van der Waals surface area contributed by atoms with E-state index in [1.807, 2.05) is 0 Å². The molecule has 0 bridgehead atoms. The molecule has 0 saturated carbocycles. The number of nitrogens with zero attached hydrogens (tertiary/aromatic N) is 2. The van der Waals surface area contributed by atoms with Gasteiger partial charge in [0.05, 0.1) is 12.2 Å². The van der Waals surface area contributed by atoms with Gasteiger partial charge in [-0.15, -0.1) is 0 Å². The molecule has 30 heavy (non-hydrogen) atoms. The molecule has 6 nitrogen and oxygen atoms in total. The van der Waals surface area contributed by atoms with Crippen molar-refractivity contribution in [1.29, 1.82) is 0 Å². The number of aromatic nitrogens is 2. The van der Waals surface area contributed by atoms with E-state index in [0.29, 0.717) is 23.1 Å². The number of benzene rings is 1. The maximum absolute atomic E-state index is 13.4. The number of rotatable bonds is 5. The maximum atomic E-state index is 13.4. The number of Topliss-reactive ketones (excluding diaryl/α,β-unsaturated/α-hetero) is 1. The zero-order valence-electron chi connectivity index (χ0n) is 15.8. The van der Waals surface area contributed by atoms with E-state index in [0.717, 1.165) is 12.1 Å². The number of carbonyl (C=O) groups excluding carboxylic acids is 2. The Morgan fingerprint density at radius 3 is 2.70 bits per heavy atom. The van der Waals surface area contributed by atoms with Crippen LogP contribution in [0, 0.1) is 17.6 Å². The molecule has 0 unspecified atom stereocenters. The summed E-state index contributed by atoms with van der Waals surface area (Å²) in [5.74, 6) is -4.33. The molecule has 0 saturated heterocycles. The lowest BCUT2D eigenvalue weighted by atomic mass is 9.98. The zero-order valence-corrected chi connectivity index (χ0v) is 15.8. The molecular formula is C20H17F4N3O3. The number of hydrogen-bond donors (Lipinski definition) is 1. The molecule has 0 fully saturated rings. The third-order valence-corrected chi connectivity index (χ3v) is 5.21. The predicted octanol–water partition coefficient (Wildman–Crippen LogP) is 4.11. The fraction of sp³-hybridized carbons (Fsp3) is 0.350. The summed E-state index contributed by atoms with van der Waals surface area (Å²) in [7, 11) is 0.